The monoisotopic (exact) mass is 345 g/mol. The summed E-state index contributed by atoms with van der Waals surface area (Å²) in [5, 5.41) is 5.77. The Kier molecular flexibility index (Phi) is 6.45. The lowest BCUT2D eigenvalue weighted by molar-refractivity contribution is -0.134. The third-order valence-corrected chi connectivity index (χ3v) is 4.47. The molecular weight excluding hydrogens is 314 g/mol. The molecule has 1 aliphatic rings. The molecule has 5 heteroatoms. The third-order valence-electron chi connectivity index (χ3n) is 4.47. The Hall–Kier alpha value is -2.04. The van der Waals surface area contributed by atoms with Crippen molar-refractivity contribution in [2.45, 2.75) is 58.5 Å². The van der Waals surface area contributed by atoms with Crippen LogP contribution in [-0.2, 0) is 11.2 Å². The van der Waals surface area contributed by atoms with Crippen LogP contribution in [-0.4, -0.2) is 41.5 Å². The topological polar surface area (TPSA) is 61.4 Å². The number of carbonyl (C=O) groups excluding carboxylic acids is 2. The third kappa shape index (κ3) is 6.40. The summed E-state index contributed by atoms with van der Waals surface area (Å²) in [4.78, 5) is 27.2. The molecule has 1 aliphatic heterocycles. The van der Waals surface area contributed by atoms with E-state index in [0.717, 1.165) is 31.5 Å². The summed E-state index contributed by atoms with van der Waals surface area (Å²) in [5.41, 5.74) is 0.702. The van der Waals surface area contributed by atoms with Gasteiger partial charge in [0, 0.05) is 25.0 Å². The molecule has 138 valence electrons. The lowest BCUT2D eigenvalue weighted by Gasteiger charge is -2.33. The molecule has 1 atom stereocenters. The van der Waals surface area contributed by atoms with Crippen molar-refractivity contribution >= 4 is 11.9 Å². The largest absolute Gasteiger partial charge is 0.341 e. The Morgan fingerprint density at radius 1 is 1.16 bits per heavy atom. The Morgan fingerprint density at radius 2 is 1.76 bits per heavy atom. The molecule has 0 aliphatic carbocycles. The van der Waals surface area contributed by atoms with Crippen LogP contribution in [0.25, 0.3) is 0 Å². The standard InChI is InChI=1S/C20H31N3O2/c1-15-10-12-23(13-11-15)18(24)17(14-16-8-6-5-7-9-16)21-19(25)22-20(2,3)4/h5-9,15,17H,10-14H2,1-4H3,(H2,21,22,25). The number of carbonyl (C=O) groups is 2. The summed E-state index contributed by atoms with van der Waals surface area (Å²) in [6.45, 7) is 9.53. The maximum atomic E-state index is 13.0. The van der Waals surface area contributed by atoms with Gasteiger partial charge in [0.15, 0.2) is 0 Å². The quantitative estimate of drug-likeness (QED) is 0.881. The van der Waals surface area contributed by atoms with Gasteiger partial charge in [-0.1, -0.05) is 37.3 Å². The highest BCUT2D eigenvalue weighted by Gasteiger charge is 2.29. The predicted octanol–water partition coefficient (Wildman–Crippen LogP) is 2.95. The second kappa shape index (κ2) is 8.37. The molecule has 2 N–H and O–H groups in total. The number of hydrogen-bond donors (Lipinski definition) is 2. The fraction of sp³-hybridized carbons (Fsp3) is 0.600. The first-order chi connectivity index (χ1) is 11.7. The van der Waals surface area contributed by atoms with E-state index in [1.807, 2.05) is 56.0 Å². The summed E-state index contributed by atoms with van der Waals surface area (Å²) in [6.07, 6.45) is 2.55. The van der Waals surface area contributed by atoms with E-state index in [0.29, 0.717) is 12.3 Å². The second-order valence-corrected chi connectivity index (χ2v) is 8.10. The minimum Gasteiger partial charge on any atom is -0.341 e. The van der Waals surface area contributed by atoms with Gasteiger partial charge in [0.2, 0.25) is 5.91 Å². The van der Waals surface area contributed by atoms with Crippen molar-refractivity contribution in [2.24, 2.45) is 5.92 Å². The van der Waals surface area contributed by atoms with E-state index in [2.05, 4.69) is 17.6 Å². The van der Waals surface area contributed by atoms with Crippen molar-refractivity contribution < 1.29 is 9.59 Å². The number of nitrogens with zero attached hydrogens (tertiary/aromatic N) is 1. The first-order valence-corrected chi connectivity index (χ1v) is 9.16. The van der Waals surface area contributed by atoms with Crippen molar-refractivity contribution in [3.63, 3.8) is 0 Å². The Labute approximate surface area is 151 Å². The number of rotatable bonds is 4. The van der Waals surface area contributed by atoms with Gasteiger partial charge in [-0.05, 0) is 45.1 Å². The zero-order valence-corrected chi connectivity index (χ0v) is 15.8. The molecule has 2 rings (SSSR count). The highest BCUT2D eigenvalue weighted by molar-refractivity contribution is 5.87. The van der Waals surface area contributed by atoms with Gasteiger partial charge in [-0.15, -0.1) is 0 Å². The van der Waals surface area contributed by atoms with Gasteiger partial charge in [-0.3, -0.25) is 4.79 Å². The molecule has 0 saturated carbocycles. The second-order valence-electron chi connectivity index (χ2n) is 8.10. The average molecular weight is 345 g/mol. The van der Waals surface area contributed by atoms with Crippen LogP contribution in [0.3, 0.4) is 0 Å². The summed E-state index contributed by atoms with van der Waals surface area (Å²) in [7, 11) is 0. The van der Waals surface area contributed by atoms with Crippen molar-refractivity contribution in [3.8, 4) is 0 Å². The van der Waals surface area contributed by atoms with E-state index < -0.39 is 6.04 Å². The lowest BCUT2D eigenvalue weighted by Crippen LogP contribution is -2.56. The molecule has 0 aromatic heterocycles. The fourth-order valence-electron chi connectivity index (χ4n) is 3.03. The minimum absolute atomic E-state index is 0.0137. The van der Waals surface area contributed by atoms with Gasteiger partial charge < -0.3 is 15.5 Å². The Balaban J connectivity index is 2.08. The lowest BCUT2D eigenvalue weighted by atomic mass is 9.97. The molecule has 1 aromatic rings. The van der Waals surface area contributed by atoms with E-state index in [9.17, 15) is 9.59 Å². The molecule has 1 aromatic carbocycles. The summed E-state index contributed by atoms with van der Waals surface area (Å²) >= 11 is 0. The van der Waals surface area contributed by atoms with Gasteiger partial charge in [-0.25, -0.2) is 4.79 Å². The molecule has 25 heavy (non-hydrogen) atoms. The van der Waals surface area contributed by atoms with E-state index >= 15 is 0 Å². The number of amides is 3. The first kappa shape index (κ1) is 19.3. The number of urea groups is 1. The van der Waals surface area contributed by atoms with E-state index in [-0.39, 0.29) is 17.5 Å². The van der Waals surface area contributed by atoms with Gasteiger partial charge >= 0.3 is 6.03 Å². The van der Waals surface area contributed by atoms with Crippen molar-refractivity contribution in [3.05, 3.63) is 35.9 Å². The van der Waals surface area contributed by atoms with Crippen LogP contribution in [0.4, 0.5) is 4.79 Å². The molecule has 0 bridgehead atoms. The number of nitrogens with one attached hydrogen (secondary N) is 2. The molecule has 1 heterocycles. The normalized spacial score (nSPS) is 17.0. The Morgan fingerprint density at radius 3 is 2.32 bits per heavy atom. The molecule has 5 nitrogen and oxygen atoms in total. The maximum Gasteiger partial charge on any atom is 0.315 e. The van der Waals surface area contributed by atoms with Gasteiger partial charge in [0.25, 0.3) is 0 Å². The molecule has 1 saturated heterocycles. The van der Waals surface area contributed by atoms with Crippen molar-refractivity contribution in [1.82, 2.24) is 15.5 Å². The van der Waals surface area contributed by atoms with Crippen LogP contribution >= 0.6 is 0 Å². The number of piperidine rings is 1. The average Bonchev–Trinajstić information content (AvgIpc) is 2.53. The highest BCUT2D eigenvalue weighted by Crippen LogP contribution is 2.17. The smallest absolute Gasteiger partial charge is 0.315 e. The zero-order chi connectivity index (χ0) is 18.4. The van der Waals surface area contributed by atoms with Crippen LogP contribution < -0.4 is 10.6 Å². The Bertz CT molecular complexity index is 572. The van der Waals surface area contributed by atoms with Crippen LogP contribution in [0.5, 0.6) is 0 Å². The van der Waals surface area contributed by atoms with Crippen LogP contribution in [0.1, 0.15) is 46.1 Å². The number of likely N-dealkylation sites (tertiary alicyclic amines) is 1. The van der Waals surface area contributed by atoms with E-state index in [1.54, 1.807) is 0 Å². The molecule has 0 radical (unpaired) electrons. The molecule has 0 spiro atoms. The first-order valence-electron chi connectivity index (χ1n) is 9.16. The zero-order valence-electron chi connectivity index (χ0n) is 15.8. The predicted molar refractivity (Wildman–Crippen MR) is 100 cm³/mol. The molecular formula is C20H31N3O2. The SMILES string of the molecule is CC1CCN(C(=O)C(Cc2ccccc2)NC(=O)NC(C)(C)C)CC1. The molecule has 1 fully saturated rings. The number of hydrogen-bond acceptors (Lipinski definition) is 2. The van der Waals surface area contributed by atoms with Gasteiger partial charge in [0.05, 0.1) is 0 Å². The minimum atomic E-state index is -0.543. The van der Waals surface area contributed by atoms with Gasteiger partial charge in [-0.2, -0.15) is 0 Å². The fourth-order valence-corrected chi connectivity index (χ4v) is 3.03. The van der Waals surface area contributed by atoms with Crippen LogP contribution in [0.2, 0.25) is 0 Å². The molecule has 1 unspecified atom stereocenters. The van der Waals surface area contributed by atoms with Crippen LogP contribution in [0, 0.1) is 5.92 Å². The summed E-state index contributed by atoms with van der Waals surface area (Å²) in [5.74, 6) is 0.675. The number of benzene rings is 1. The van der Waals surface area contributed by atoms with Gasteiger partial charge in [0.1, 0.15) is 6.04 Å². The van der Waals surface area contributed by atoms with Crippen LogP contribution in [0.15, 0.2) is 30.3 Å². The maximum absolute atomic E-state index is 13.0. The highest BCUT2D eigenvalue weighted by atomic mass is 16.2. The van der Waals surface area contributed by atoms with E-state index in [4.69, 9.17) is 0 Å². The molecule has 3 amide bonds. The van der Waals surface area contributed by atoms with Crippen molar-refractivity contribution in [2.75, 3.05) is 13.1 Å². The van der Waals surface area contributed by atoms with E-state index in [1.165, 1.54) is 0 Å². The summed E-state index contributed by atoms with van der Waals surface area (Å²) in [6, 6.07) is 8.99. The summed E-state index contributed by atoms with van der Waals surface area (Å²) < 4.78 is 0. The van der Waals surface area contributed by atoms with Crippen molar-refractivity contribution in [1.29, 1.82) is 0 Å².